The van der Waals surface area contributed by atoms with Crippen molar-refractivity contribution in [2.24, 2.45) is 0 Å². The van der Waals surface area contributed by atoms with Gasteiger partial charge in [0.25, 0.3) is 11.6 Å². The number of carbonyl (C=O) groups is 2. The number of nitrogens with zero attached hydrogens (tertiary/aromatic N) is 3. The number of carbonyl (C=O) groups excluding carboxylic acids is 2. The fraction of sp³-hybridized carbons (Fsp3) is 0.312. The van der Waals surface area contributed by atoms with Crippen LogP contribution >= 0.6 is 0 Å². The average Bonchev–Trinajstić information content (AvgIpc) is 3.61. The van der Waals surface area contributed by atoms with Gasteiger partial charge in [-0.1, -0.05) is 36.4 Å². The number of amides is 2. The molecular weight excluding hydrogens is 518 g/mol. The highest BCUT2D eigenvalue weighted by molar-refractivity contribution is 6.37. The average molecular weight is 552 g/mol. The lowest BCUT2D eigenvalue weighted by atomic mass is 9.98. The van der Waals surface area contributed by atoms with Crippen LogP contribution in [0.1, 0.15) is 54.4 Å². The summed E-state index contributed by atoms with van der Waals surface area (Å²) in [6.45, 7) is 4.47. The van der Waals surface area contributed by atoms with Crippen molar-refractivity contribution in [2.75, 3.05) is 30.3 Å². The number of benzene rings is 3. The molecule has 2 fully saturated rings. The number of nitrogens with one attached hydrogen (secondary N) is 2. The fourth-order valence-electron chi connectivity index (χ4n) is 5.86. The van der Waals surface area contributed by atoms with E-state index >= 15 is 0 Å². The van der Waals surface area contributed by atoms with E-state index < -0.39 is 4.92 Å². The van der Waals surface area contributed by atoms with E-state index in [-0.39, 0.29) is 17.5 Å². The third-order valence-electron chi connectivity index (χ3n) is 8.07. The van der Waals surface area contributed by atoms with E-state index in [0.29, 0.717) is 35.5 Å². The molecule has 9 nitrogen and oxygen atoms in total. The molecule has 0 spiro atoms. The first-order chi connectivity index (χ1) is 19.9. The maximum absolute atomic E-state index is 13.3. The first-order valence-electron chi connectivity index (χ1n) is 14.2. The summed E-state index contributed by atoms with van der Waals surface area (Å²) < 4.78 is 0. The van der Waals surface area contributed by atoms with Gasteiger partial charge < -0.3 is 15.5 Å². The molecule has 0 saturated carbocycles. The number of hydrogen-bond acceptors (Lipinski definition) is 6. The molecule has 0 bridgehead atoms. The van der Waals surface area contributed by atoms with E-state index in [1.54, 1.807) is 6.07 Å². The van der Waals surface area contributed by atoms with Gasteiger partial charge in [-0.2, -0.15) is 0 Å². The van der Waals surface area contributed by atoms with Crippen molar-refractivity contribution in [3.8, 4) is 0 Å². The lowest BCUT2D eigenvalue weighted by Crippen LogP contribution is -2.34. The zero-order valence-electron chi connectivity index (χ0n) is 22.9. The van der Waals surface area contributed by atoms with Crippen LogP contribution in [0.3, 0.4) is 0 Å². The number of rotatable bonds is 8. The molecular formula is C32H33N5O4. The number of nitro groups is 1. The van der Waals surface area contributed by atoms with E-state index in [0.717, 1.165) is 55.8 Å². The Balaban J connectivity index is 1.34. The number of non-ortho nitro benzene ring substituents is 1. The van der Waals surface area contributed by atoms with Gasteiger partial charge in [0, 0.05) is 55.1 Å². The predicted octanol–water partition coefficient (Wildman–Crippen LogP) is 5.64. The van der Waals surface area contributed by atoms with Gasteiger partial charge in [-0.3, -0.25) is 24.6 Å². The Morgan fingerprint density at radius 2 is 1.54 bits per heavy atom. The standard InChI is InChI=1S/C32H33N5O4/c38-29-5-1-2-18-36(29)21-23-6-10-24(11-7-23)31(30-27-19-26(37(40)41)14-15-28(27)34-32(30)39)33-25-12-8-22(9-13-25)20-35-16-3-4-17-35/h6-15,19,33H,1-5,16-18,20-21H2,(H,34,39). The first-order valence-corrected chi connectivity index (χ1v) is 14.2. The molecule has 0 atom stereocenters. The zero-order chi connectivity index (χ0) is 28.3. The second-order valence-corrected chi connectivity index (χ2v) is 11.0. The van der Waals surface area contributed by atoms with Gasteiger partial charge in [-0.15, -0.1) is 0 Å². The van der Waals surface area contributed by atoms with E-state index in [1.807, 2.05) is 41.3 Å². The van der Waals surface area contributed by atoms with Crippen molar-refractivity contribution in [1.29, 1.82) is 0 Å². The summed E-state index contributed by atoms with van der Waals surface area (Å²) in [6.07, 6.45) is 5.03. The predicted molar refractivity (Wildman–Crippen MR) is 159 cm³/mol. The Labute approximate surface area is 239 Å². The Kier molecular flexibility index (Phi) is 7.52. The smallest absolute Gasteiger partial charge is 0.270 e. The van der Waals surface area contributed by atoms with Gasteiger partial charge in [-0.05, 0) is 73.7 Å². The molecule has 0 unspecified atom stereocenters. The fourth-order valence-corrected chi connectivity index (χ4v) is 5.86. The third kappa shape index (κ3) is 5.85. The van der Waals surface area contributed by atoms with Gasteiger partial charge in [0.15, 0.2) is 0 Å². The number of fused-ring (bicyclic) bond motifs is 1. The molecule has 210 valence electrons. The highest BCUT2D eigenvalue weighted by atomic mass is 16.6. The number of hydrogen-bond donors (Lipinski definition) is 2. The van der Waals surface area contributed by atoms with E-state index in [4.69, 9.17) is 0 Å². The van der Waals surface area contributed by atoms with Crippen LogP contribution in [0, 0.1) is 10.1 Å². The van der Waals surface area contributed by atoms with Gasteiger partial charge in [-0.25, -0.2) is 0 Å². The van der Waals surface area contributed by atoms with E-state index in [9.17, 15) is 19.7 Å². The molecule has 3 aromatic carbocycles. The molecule has 3 heterocycles. The molecule has 3 aliphatic rings. The minimum absolute atomic E-state index is 0.0788. The van der Waals surface area contributed by atoms with Crippen LogP contribution in [0.5, 0.6) is 0 Å². The quantitative estimate of drug-likeness (QED) is 0.213. The maximum Gasteiger partial charge on any atom is 0.270 e. The molecule has 3 aliphatic heterocycles. The van der Waals surface area contributed by atoms with Crippen molar-refractivity contribution < 1.29 is 14.5 Å². The molecule has 9 heteroatoms. The van der Waals surface area contributed by atoms with Crippen molar-refractivity contribution in [3.63, 3.8) is 0 Å². The SMILES string of the molecule is O=C1Nc2ccc([N+](=O)[O-])cc2C1=C(Nc1ccc(CN2CCCC2)cc1)c1ccc(CN2CCCCC2=O)cc1. The number of piperidine rings is 1. The van der Waals surface area contributed by atoms with Crippen molar-refractivity contribution in [1.82, 2.24) is 9.80 Å². The molecule has 6 rings (SSSR count). The monoisotopic (exact) mass is 551 g/mol. The normalized spacial score (nSPS) is 18.3. The van der Waals surface area contributed by atoms with Crippen LogP contribution in [0.25, 0.3) is 11.3 Å². The summed E-state index contributed by atoms with van der Waals surface area (Å²) in [6, 6.07) is 20.4. The number of nitro benzene ring substituents is 1. The topological polar surface area (TPSA) is 108 Å². The summed E-state index contributed by atoms with van der Waals surface area (Å²) in [4.78, 5) is 41.0. The summed E-state index contributed by atoms with van der Waals surface area (Å²) in [5.74, 6) is -0.143. The zero-order valence-corrected chi connectivity index (χ0v) is 22.9. The summed E-state index contributed by atoms with van der Waals surface area (Å²) in [5.41, 5.74) is 5.67. The minimum atomic E-state index is -0.455. The molecule has 2 N–H and O–H groups in total. The largest absolute Gasteiger partial charge is 0.354 e. The summed E-state index contributed by atoms with van der Waals surface area (Å²) >= 11 is 0. The lowest BCUT2D eigenvalue weighted by molar-refractivity contribution is -0.384. The maximum atomic E-state index is 13.3. The van der Waals surface area contributed by atoms with Gasteiger partial charge in [0.2, 0.25) is 5.91 Å². The van der Waals surface area contributed by atoms with Crippen molar-refractivity contribution in [3.05, 3.63) is 99.1 Å². The van der Waals surface area contributed by atoms with Crippen LogP contribution in [-0.4, -0.2) is 46.2 Å². The molecule has 0 aliphatic carbocycles. The molecule has 0 radical (unpaired) electrons. The van der Waals surface area contributed by atoms with E-state index in [2.05, 4.69) is 27.7 Å². The van der Waals surface area contributed by atoms with Crippen LogP contribution in [-0.2, 0) is 22.7 Å². The van der Waals surface area contributed by atoms with Crippen LogP contribution in [0.2, 0.25) is 0 Å². The Morgan fingerprint density at radius 3 is 2.24 bits per heavy atom. The van der Waals surface area contributed by atoms with Crippen LogP contribution in [0.15, 0.2) is 66.7 Å². The van der Waals surface area contributed by atoms with Gasteiger partial charge in [0.1, 0.15) is 0 Å². The highest BCUT2D eigenvalue weighted by Gasteiger charge is 2.30. The Hall–Kier alpha value is -4.50. The Morgan fingerprint density at radius 1 is 0.854 bits per heavy atom. The molecule has 41 heavy (non-hydrogen) atoms. The van der Waals surface area contributed by atoms with E-state index in [1.165, 1.54) is 30.5 Å². The highest BCUT2D eigenvalue weighted by Crippen LogP contribution is 2.39. The molecule has 3 aromatic rings. The van der Waals surface area contributed by atoms with Crippen LogP contribution in [0.4, 0.5) is 17.1 Å². The summed E-state index contributed by atoms with van der Waals surface area (Å²) in [7, 11) is 0. The summed E-state index contributed by atoms with van der Waals surface area (Å²) in [5, 5.41) is 17.9. The molecule has 2 amide bonds. The third-order valence-corrected chi connectivity index (χ3v) is 8.07. The number of likely N-dealkylation sites (tertiary alicyclic amines) is 2. The van der Waals surface area contributed by atoms with Crippen molar-refractivity contribution >= 4 is 40.1 Å². The first kappa shape index (κ1) is 26.7. The van der Waals surface area contributed by atoms with Crippen LogP contribution < -0.4 is 10.6 Å². The second-order valence-electron chi connectivity index (χ2n) is 11.0. The second kappa shape index (κ2) is 11.5. The van der Waals surface area contributed by atoms with Gasteiger partial charge >= 0.3 is 0 Å². The van der Waals surface area contributed by atoms with Gasteiger partial charge in [0.05, 0.1) is 16.2 Å². The number of anilines is 2. The van der Waals surface area contributed by atoms with Crippen molar-refractivity contribution in [2.45, 2.75) is 45.2 Å². The lowest BCUT2D eigenvalue weighted by Gasteiger charge is -2.26. The molecule has 0 aromatic heterocycles. The Bertz CT molecular complexity index is 1510. The minimum Gasteiger partial charge on any atom is -0.354 e. The molecule has 2 saturated heterocycles.